The molecule has 33 valence electrons. The molecule has 1 atom stereocenters. The highest BCUT2D eigenvalue weighted by molar-refractivity contribution is 6.29. The number of hydrogen-bond donors (Lipinski definition) is 1. The minimum atomic E-state index is -0.00926. The van der Waals surface area contributed by atoms with Crippen molar-refractivity contribution in [3.05, 3.63) is 6.54 Å². The van der Waals surface area contributed by atoms with Crippen LogP contribution < -0.4 is 5.43 Å². The molecule has 0 aromatic heterocycles. The lowest BCUT2D eigenvalue weighted by atomic mass is 10.5. The summed E-state index contributed by atoms with van der Waals surface area (Å²) in [5.74, 6) is 0. The van der Waals surface area contributed by atoms with Crippen molar-refractivity contribution in [2.75, 3.05) is 0 Å². The number of nitrogens with zero attached hydrogens (tertiary/aromatic N) is 1. The Morgan fingerprint density at radius 3 is 2.83 bits per heavy atom. The van der Waals surface area contributed by atoms with Gasteiger partial charge in [-0.1, -0.05) is 0 Å². The molecule has 0 amide bonds. The first-order chi connectivity index (χ1) is 2.89. The zero-order chi connectivity index (χ0) is 4.41. The molecule has 1 radical (unpaired) electrons. The maximum absolute atomic E-state index is 5.44. The van der Waals surface area contributed by atoms with Crippen molar-refractivity contribution in [3.63, 3.8) is 0 Å². The van der Waals surface area contributed by atoms with Crippen molar-refractivity contribution in [1.82, 2.24) is 5.43 Å². The van der Waals surface area contributed by atoms with E-state index in [0.29, 0.717) is 0 Å². The first kappa shape index (κ1) is 3.93. The molecule has 1 N–H and O–H groups in total. The summed E-state index contributed by atoms with van der Waals surface area (Å²) < 4.78 is 0. The van der Waals surface area contributed by atoms with E-state index in [0.717, 1.165) is 0 Å². The van der Waals surface area contributed by atoms with Gasteiger partial charge < -0.3 is 5.43 Å². The minimum absolute atomic E-state index is 0.00926. The molecule has 0 aromatic rings. The van der Waals surface area contributed by atoms with Gasteiger partial charge in [-0.05, 0) is 0 Å². The maximum Gasteiger partial charge on any atom is 0.0943 e. The number of halogens is 1. The Morgan fingerprint density at radius 2 is 2.67 bits per heavy atom. The molecule has 1 aliphatic heterocycles. The lowest BCUT2D eigenvalue weighted by molar-refractivity contribution is 0.920. The van der Waals surface area contributed by atoms with Gasteiger partial charge in [-0.25, -0.2) is 0 Å². The van der Waals surface area contributed by atoms with Crippen LogP contribution in [0.3, 0.4) is 0 Å². The molecule has 0 saturated carbocycles. The molecule has 0 saturated heterocycles. The molecule has 0 bridgehead atoms. The van der Waals surface area contributed by atoms with Crippen molar-refractivity contribution in [3.8, 4) is 0 Å². The molecule has 3 heteroatoms. The summed E-state index contributed by atoms with van der Waals surface area (Å²) in [4.78, 5) is 0. The molecule has 1 unspecified atom stereocenters. The second-order valence-electron chi connectivity index (χ2n) is 1.02. The second-order valence-corrected chi connectivity index (χ2v) is 1.52. The summed E-state index contributed by atoms with van der Waals surface area (Å²) >= 11 is 5.44. The van der Waals surface area contributed by atoms with E-state index in [4.69, 9.17) is 11.6 Å². The molecule has 2 nitrogen and oxygen atoms in total. The van der Waals surface area contributed by atoms with Crippen LogP contribution in [0.5, 0.6) is 0 Å². The number of alkyl halides is 1. The Hall–Kier alpha value is -0.240. The third kappa shape index (κ3) is 0.627. The predicted molar refractivity (Wildman–Crippen MR) is 25.6 cm³/mol. The van der Waals surface area contributed by atoms with Gasteiger partial charge in [0, 0.05) is 6.21 Å². The fourth-order valence-electron chi connectivity index (χ4n) is 0.272. The van der Waals surface area contributed by atoms with E-state index in [9.17, 15) is 0 Å². The van der Waals surface area contributed by atoms with Crippen LogP contribution in [-0.2, 0) is 0 Å². The summed E-state index contributed by atoms with van der Waals surface area (Å²) in [6.45, 7) is 1.70. The summed E-state index contributed by atoms with van der Waals surface area (Å²) in [5, 5.41) is 3.59. The van der Waals surface area contributed by atoms with Crippen molar-refractivity contribution in [2.45, 2.75) is 5.38 Å². The highest BCUT2D eigenvalue weighted by Crippen LogP contribution is 1.97. The van der Waals surface area contributed by atoms with E-state index in [1.54, 1.807) is 12.8 Å². The zero-order valence-corrected chi connectivity index (χ0v) is 3.81. The van der Waals surface area contributed by atoms with Crippen molar-refractivity contribution in [2.24, 2.45) is 5.10 Å². The van der Waals surface area contributed by atoms with Crippen LogP contribution in [-0.4, -0.2) is 11.6 Å². The lowest BCUT2D eigenvalue weighted by Gasteiger charge is -1.84. The Bertz CT molecular complexity index is 71.2. The largest absolute Gasteiger partial charge is 0.303 e. The molecule has 0 aromatic carbocycles. The van der Waals surface area contributed by atoms with Crippen LogP contribution in [0.15, 0.2) is 5.10 Å². The van der Waals surface area contributed by atoms with Gasteiger partial charge in [0.15, 0.2) is 0 Å². The van der Waals surface area contributed by atoms with Crippen molar-refractivity contribution >= 4 is 17.8 Å². The molecule has 0 fully saturated rings. The standard InChI is InChI=1S/C3H4ClN2/c4-3-1-5-6-2-3/h1-3,5H. The van der Waals surface area contributed by atoms with E-state index < -0.39 is 0 Å². The van der Waals surface area contributed by atoms with E-state index in [2.05, 4.69) is 10.5 Å². The average Bonchev–Trinajstić information content (AvgIpc) is 1.86. The van der Waals surface area contributed by atoms with Gasteiger partial charge in [0.05, 0.1) is 11.9 Å². The van der Waals surface area contributed by atoms with Gasteiger partial charge in [0.2, 0.25) is 0 Å². The van der Waals surface area contributed by atoms with Crippen LogP contribution in [0.2, 0.25) is 0 Å². The van der Waals surface area contributed by atoms with Crippen LogP contribution in [0, 0.1) is 6.54 Å². The zero-order valence-electron chi connectivity index (χ0n) is 3.06. The van der Waals surface area contributed by atoms with Crippen LogP contribution in [0.25, 0.3) is 0 Å². The number of hydrogen-bond acceptors (Lipinski definition) is 2. The fraction of sp³-hybridized carbons (Fsp3) is 0.333. The Labute approximate surface area is 41.2 Å². The smallest absolute Gasteiger partial charge is 0.0943 e. The van der Waals surface area contributed by atoms with Crippen molar-refractivity contribution < 1.29 is 0 Å². The van der Waals surface area contributed by atoms with E-state index in [-0.39, 0.29) is 5.38 Å². The highest BCUT2D eigenvalue weighted by Gasteiger charge is 2.03. The molecular weight excluding hydrogens is 99.5 g/mol. The van der Waals surface area contributed by atoms with E-state index >= 15 is 0 Å². The number of rotatable bonds is 0. The highest BCUT2D eigenvalue weighted by atomic mass is 35.5. The molecule has 0 spiro atoms. The maximum atomic E-state index is 5.44. The van der Waals surface area contributed by atoms with Gasteiger partial charge in [-0.15, -0.1) is 11.6 Å². The van der Waals surface area contributed by atoms with E-state index in [1.807, 2.05) is 0 Å². The van der Waals surface area contributed by atoms with Crippen LogP contribution in [0.1, 0.15) is 0 Å². The van der Waals surface area contributed by atoms with E-state index in [1.165, 1.54) is 0 Å². The molecule has 1 aliphatic rings. The SMILES string of the molecule is ClC1[CH]NN=C1. The third-order valence-electron chi connectivity index (χ3n) is 0.525. The monoisotopic (exact) mass is 103 g/mol. The lowest BCUT2D eigenvalue weighted by Crippen LogP contribution is -1.99. The van der Waals surface area contributed by atoms with Gasteiger partial charge >= 0.3 is 0 Å². The molecule has 0 aliphatic carbocycles. The topological polar surface area (TPSA) is 24.4 Å². The Balaban J connectivity index is 2.38. The van der Waals surface area contributed by atoms with Gasteiger partial charge in [-0.2, -0.15) is 5.10 Å². The fourth-order valence-corrected chi connectivity index (χ4v) is 0.384. The Morgan fingerprint density at radius 1 is 1.83 bits per heavy atom. The van der Waals surface area contributed by atoms with Gasteiger partial charge in [0.25, 0.3) is 0 Å². The van der Waals surface area contributed by atoms with Crippen LogP contribution in [0.4, 0.5) is 0 Å². The second kappa shape index (κ2) is 1.47. The molecular formula is C3H4ClN2. The van der Waals surface area contributed by atoms with Crippen molar-refractivity contribution in [1.29, 1.82) is 0 Å². The average molecular weight is 104 g/mol. The Kier molecular flexibility index (Phi) is 0.965. The van der Waals surface area contributed by atoms with Gasteiger partial charge in [-0.3, -0.25) is 0 Å². The first-order valence-electron chi connectivity index (χ1n) is 1.66. The molecule has 1 rings (SSSR count). The minimum Gasteiger partial charge on any atom is -0.303 e. The number of nitrogens with one attached hydrogen (secondary N) is 1. The predicted octanol–water partition coefficient (Wildman–Crippen LogP) is 0.345. The van der Waals surface area contributed by atoms with Crippen LogP contribution >= 0.6 is 11.6 Å². The quantitative estimate of drug-likeness (QED) is 0.440. The first-order valence-corrected chi connectivity index (χ1v) is 2.09. The summed E-state index contributed by atoms with van der Waals surface area (Å²) in [7, 11) is 0. The molecule has 6 heavy (non-hydrogen) atoms. The third-order valence-corrected chi connectivity index (χ3v) is 0.764. The molecule has 1 heterocycles. The normalized spacial score (nSPS) is 30.5. The summed E-state index contributed by atoms with van der Waals surface area (Å²) in [6.07, 6.45) is 1.63. The van der Waals surface area contributed by atoms with Gasteiger partial charge in [0.1, 0.15) is 0 Å². The number of hydrazone groups is 1. The summed E-state index contributed by atoms with van der Waals surface area (Å²) in [5.41, 5.74) is 2.58. The summed E-state index contributed by atoms with van der Waals surface area (Å²) in [6, 6.07) is 0.